The summed E-state index contributed by atoms with van der Waals surface area (Å²) >= 11 is 0. The molecule has 0 aliphatic heterocycles. The summed E-state index contributed by atoms with van der Waals surface area (Å²) in [5.74, 6) is 0. The Bertz CT molecular complexity index is 246. The monoisotopic (exact) mass is 242 g/mol. The van der Waals surface area contributed by atoms with E-state index in [4.69, 9.17) is 4.74 Å². The lowest BCUT2D eigenvalue weighted by molar-refractivity contribution is 0.124. The van der Waals surface area contributed by atoms with Gasteiger partial charge in [0.2, 0.25) is 0 Å². The molecule has 0 heterocycles. The lowest BCUT2D eigenvalue weighted by Gasteiger charge is -2.31. The van der Waals surface area contributed by atoms with Crippen LogP contribution in [-0.2, 0) is 4.74 Å². The van der Waals surface area contributed by atoms with Crippen molar-refractivity contribution in [1.29, 1.82) is 0 Å². The molecule has 0 spiro atoms. The largest absolute Gasteiger partial charge is 0.394 e. The molecule has 4 nitrogen and oxygen atoms in total. The van der Waals surface area contributed by atoms with Crippen molar-refractivity contribution >= 4 is 0 Å². The van der Waals surface area contributed by atoms with Gasteiger partial charge in [0.15, 0.2) is 0 Å². The van der Waals surface area contributed by atoms with Crippen molar-refractivity contribution < 1.29 is 9.84 Å². The van der Waals surface area contributed by atoms with E-state index < -0.39 is 0 Å². The molecule has 0 aromatic carbocycles. The van der Waals surface area contributed by atoms with E-state index >= 15 is 0 Å². The predicted octanol–water partition coefficient (Wildman–Crippen LogP) is 0.600. The number of rotatable bonds is 7. The lowest BCUT2D eigenvalue weighted by atomic mass is 9.98. The van der Waals surface area contributed by atoms with Crippen molar-refractivity contribution in [2.75, 3.05) is 33.9 Å². The molecule has 0 aromatic rings. The Hall–Kier alpha value is -0.160. The quantitative estimate of drug-likeness (QED) is 0.686. The van der Waals surface area contributed by atoms with Crippen LogP contribution in [0.1, 0.15) is 32.1 Å². The van der Waals surface area contributed by atoms with Crippen molar-refractivity contribution in [3.05, 3.63) is 0 Å². The number of aliphatic hydroxyl groups is 1. The first-order chi connectivity index (χ1) is 8.19. The van der Waals surface area contributed by atoms with Gasteiger partial charge in [-0.05, 0) is 39.2 Å². The van der Waals surface area contributed by atoms with Gasteiger partial charge in [-0.2, -0.15) is 0 Å². The molecule has 2 fully saturated rings. The first-order valence-corrected chi connectivity index (χ1v) is 6.77. The molecular weight excluding hydrogens is 216 g/mol. The minimum atomic E-state index is -0.00678. The van der Waals surface area contributed by atoms with Gasteiger partial charge in [-0.15, -0.1) is 0 Å². The SMILES string of the molecule is COCCN(C)C1CCC(CO)(NC2CC2)C1. The standard InChI is InChI=1S/C13H26N2O2/c1-15(7-8-17-2)12-5-6-13(9-12,10-16)14-11-3-4-11/h11-12,14,16H,3-10H2,1-2H3. The Morgan fingerprint density at radius 3 is 2.76 bits per heavy atom. The number of ether oxygens (including phenoxy) is 1. The van der Waals surface area contributed by atoms with Crippen molar-refractivity contribution in [3.63, 3.8) is 0 Å². The molecule has 100 valence electrons. The number of nitrogens with one attached hydrogen (secondary N) is 1. The highest BCUT2D eigenvalue weighted by atomic mass is 16.5. The van der Waals surface area contributed by atoms with Gasteiger partial charge in [0.05, 0.1) is 13.2 Å². The maximum atomic E-state index is 9.66. The fourth-order valence-electron chi connectivity index (χ4n) is 2.87. The minimum Gasteiger partial charge on any atom is -0.394 e. The number of nitrogens with zero attached hydrogens (tertiary/aromatic N) is 1. The van der Waals surface area contributed by atoms with E-state index in [1.165, 1.54) is 19.3 Å². The average molecular weight is 242 g/mol. The summed E-state index contributed by atoms with van der Waals surface area (Å²) in [6.45, 7) is 2.04. The molecule has 4 heteroatoms. The van der Waals surface area contributed by atoms with E-state index in [9.17, 15) is 5.11 Å². The smallest absolute Gasteiger partial charge is 0.0614 e. The van der Waals surface area contributed by atoms with Gasteiger partial charge in [-0.25, -0.2) is 0 Å². The Morgan fingerprint density at radius 2 is 2.18 bits per heavy atom. The van der Waals surface area contributed by atoms with E-state index in [-0.39, 0.29) is 12.1 Å². The van der Waals surface area contributed by atoms with Crippen LogP contribution in [-0.4, -0.2) is 61.5 Å². The fraction of sp³-hybridized carbons (Fsp3) is 1.00. The van der Waals surface area contributed by atoms with Gasteiger partial charge < -0.3 is 20.1 Å². The van der Waals surface area contributed by atoms with E-state index in [1.54, 1.807) is 7.11 Å². The molecule has 0 bridgehead atoms. The summed E-state index contributed by atoms with van der Waals surface area (Å²) in [7, 11) is 3.91. The van der Waals surface area contributed by atoms with Crippen LogP contribution in [0.2, 0.25) is 0 Å². The second kappa shape index (κ2) is 5.65. The zero-order valence-corrected chi connectivity index (χ0v) is 11.1. The molecule has 0 amide bonds. The molecule has 2 aliphatic carbocycles. The predicted molar refractivity (Wildman–Crippen MR) is 68.1 cm³/mol. The highest BCUT2D eigenvalue weighted by Gasteiger charge is 2.42. The molecule has 2 atom stereocenters. The Kier molecular flexibility index (Phi) is 4.42. The van der Waals surface area contributed by atoms with E-state index in [1.807, 2.05) is 0 Å². The third kappa shape index (κ3) is 3.41. The van der Waals surface area contributed by atoms with Crippen molar-refractivity contribution in [3.8, 4) is 0 Å². The first-order valence-electron chi connectivity index (χ1n) is 6.77. The number of likely N-dealkylation sites (N-methyl/N-ethyl adjacent to an activating group) is 1. The summed E-state index contributed by atoms with van der Waals surface area (Å²) in [5, 5.41) is 13.3. The second-order valence-corrected chi connectivity index (χ2v) is 5.73. The van der Waals surface area contributed by atoms with Gasteiger partial charge in [0, 0.05) is 31.3 Å². The molecule has 0 saturated heterocycles. The van der Waals surface area contributed by atoms with Gasteiger partial charge >= 0.3 is 0 Å². The molecule has 17 heavy (non-hydrogen) atoms. The maximum Gasteiger partial charge on any atom is 0.0614 e. The van der Waals surface area contributed by atoms with Gasteiger partial charge in [0.1, 0.15) is 0 Å². The number of aliphatic hydroxyl groups excluding tert-OH is 1. The molecule has 2 saturated carbocycles. The molecule has 2 rings (SSSR count). The third-order valence-corrected chi connectivity index (χ3v) is 4.24. The second-order valence-electron chi connectivity index (χ2n) is 5.73. The van der Waals surface area contributed by atoms with Crippen LogP contribution in [0.25, 0.3) is 0 Å². The van der Waals surface area contributed by atoms with Crippen molar-refractivity contribution in [2.45, 2.75) is 49.7 Å². The number of hydrogen-bond acceptors (Lipinski definition) is 4. The van der Waals surface area contributed by atoms with Crippen LogP contribution >= 0.6 is 0 Å². The van der Waals surface area contributed by atoms with Crippen LogP contribution in [0.4, 0.5) is 0 Å². The summed E-state index contributed by atoms with van der Waals surface area (Å²) in [4.78, 5) is 2.37. The summed E-state index contributed by atoms with van der Waals surface area (Å²) in [6, 6.07) is 1.26. The van der Waals surface area contributed by atoms with Gasteiger partial charge in [-0.3, -0.25) is 0 Å². The van der Waals surface area contributed by atoms with Crippen molar-refractivity contribution in [2.24, 2.45) is 0 Å². The molecule has 2 aliphatic rings. The highest BCUT2D eigenvalue weighted by molar-refractivity contribution is 5.02. The van der Waals surface area contributed by atoms with Crippen LogP contribution in [0, 0.1) is 0 Å². The first kappa shape index (κ1) is 13.3. The third-order valence-electron chi connectivity index (χ3n) is 4.24. The molecule has 2 N–H and O–H groups in total. The normalized spacial score (nSPS) is 33.5. The topological polar surface area (TPSA) is 44.7 Å². The zero-order valence-electron chi connectivity index (χ0n) is 11.1. The summed E-state index contributed by atoms with van der Waals surface area (Å²) in [5.41, 5.74) is -0.00678. The van der Waals surface area contributed by atoms with Gasteiger partial charge in [0.25, 0.3) is 0 Å². The molecule has 0 radical (unpaired) electrons. The summed E-state index contributed by atoms with van der Waals surface area (Å²) in [6.07, 6.45) is 5.92. The molecule has 0 aromatic heterocycles. The Morgan fingerprint density at radius 1 is 1.41 bits per heavy atom. The summed E-state index contributed by atoms with van der Waals surface area (Å²) < 4.78 is 5.12. The van der Waals surface area contributed by atoms with Crippen LogP contribution in [0.15, 0.2) is 0 Å². The Balaban J connectivity index is 1.83. The number of hydrogen-bond donors (Lipinski definition) is 2. The highest BCUT2D eigenvalue weighted by Crippen LogP contribution is 2.35. The zero-order chi connectivity index (χ0) is 12.3. The van der Waals surface area contributed by atoms with Crippen molar-refractivity contribution in [1.82, 2.24) is 10.2 Å². The molecule has 2 unspecified atom stereocenters. The van der Waals surface area contributed by atoms with E-state index in [0.29, 0.717) is 12.1 Å². The van der Waals surface area contributed by atoms with E-state index in [2.05, 4.69) is 17.3 Å². The number of methoxy groups -OCH3 is 1. The van der Waals surface area contributed by atoms with Gasteiger partial charge in [-0.1, -0.05) is 0 Å². The maximum absolute atomic E-state index is 9.66. The lowest BCUT2D eigenvalue weighted by Crippen LogP contribution is -2.49. The van der Waals surface area contributed by atoms with E-state index in [0.717, 1.165) is 26.0 Å². The van der Waals surface area contributed by atoms with Crippen LogP contribution in [0.3, 0.4) is 0 Å². The minimum absolute atomic E-state index is 0.00678. The van der Waals surface area contributed by atoms with Crippen LogP contribution < -0.4 is 5.32 Å². The Labute approximate surface area is 104 Å². The fourth-order valence-corrected chi connectivity index (χ4v) is 2.87. The van der Waals surface area contributed by atoms with Crippen LogP contribution in [0.5, 0.6) is 0 Å². The molecular formula is C13H26N2O2. The average Bonchev–Trinajstić information content (AvgIpc) is 3.04.